The number of rotatable bonds is 3. The van der Waals surface area contributed by atoms with Crippen molar-refractivity contribution in [2.45, 2.75) is 13.5 Å². The summed E-state index contributed by atoms with van der Waals surface area (Å²) in [4.78, 5) is 4.57. The zero-order valence-electron chi connectivity index (χ0n) is 11.2. The van der Waals surface area contributed by atoms with Gasteiger partial charge in [0.05, 0.1) is 10.5 Å². The van der Waals surface area contributed by atoms with Crippen LogP contribution in [0.15, 0.2) is 54.6 Å². The fourth-order valence-electron chi connectivity index (χ4n) is 2.12. The Bertz CT molecular complexity index is 736. The van der Waals surface area contributed by atoms with E-state index in [2.05, 4.69) is 41.5 Å². The molecule has 0 fully saturated rings. The van der Waals surface area contributed by atoms with Gasteiger partial charge in [0.15, 0.2) is 0 Å². The molecule has 0 amide bonds. The molecule has 0 aliphatic heterocycles. The third-order valence-electron chi connectivity index (χ3n) is 3.26. The quantitative estimate of drug-likeness (QED) is 0.746. The number of para-hydroxylation sites is 1. The first-order valence-corrected chi connectivity index (χ1v) is 6.95. The van der Waals surface area contributed by atoms with Gasteiger partial charge in [-0.3, -0.25) is 0 Å². The normalized spacial score (nSPS) is 10.7. The van der Waals surface area contributed by atoms with Crippen LogP contribution in [0.1, 0.15) is 11.1 Å². The molecule has 0 unspecified atom stereocenters. The summed E-state index contributed by atoms with van der Waals surface area (Å²) in [5, 5.41) is 5.02. The van der Waals surface area contributed by atoms with E-state index in [1.165, 1.54) is 11.1 Å². The molecule has 0 saturated heterocycles. The molecule has 0 saturated carbocycles. The van der Waals surface area contributed by atoms with Gasteiger partial charge in [-0.2, -0.15) is 0 Å². The highest BCUT2D eigenvalue weighted by atomic mass is 35.5. The van der Waals surface area contributed by atoms with Gasteiger partial charge in [-0.25, -0.2) is 4.98 Å². The molecule has 1 heterocycles. The Hall–Kier alpha value is -2.06. The SMILES string of the molecule is Cc1ccc(CNc2cc(Cl)c3ccccc3n2)cc1. The highest BCUT2D eigenvalue weighted by Gasteiger charge is 2.03. The summed E-state index contributed by atoms with van der Waals surface area (Å²) in [5.74, 6) is 0.800. The van der Waals surface area contributed by atoms with Crippen molar-refractivity contribution in [3.63, 3.8) is 0 Å². The van der Waals surface area contributed by atoms with E-state index < -0.39 is 0 Å². The maximum absolute atomic E-state index is 6.28. The molecule has 0 bridgehead atoms. The standard InChI is InChI=1S/C17H15ClN2/c1-12-6-8-13(9-7-12)11-19-17-10-15(18)14-4-2-3-5-16(14)20-17/h2-10H,11H2,1H3,(H,19,20). The fourth-order valence-corrected chi connectivity index (χ4v) is 2.39. The van der Waals surface area contributed by atoms with Crippen molar-refractivity contribution in [3.05, 3.63) is 70.7 Å². The number of halogens is 1. The predicted molar refractivity (Wildman–Crippen MR) is 85.3 cm³/mol. The van der Waals surface area contributed by atoms with Crippen molar-refractivity contribution in [1.29, 1.82) is 0 Å². The fraction of sp³-hybridized carbons (Fsp3) is 0.118. The van der Waals surface area contributed by atoms with Gasteiger partial charge in [-0.15, -0.1) is 0 Å². The molecule has 20 heavy (non-hydrogen) atoms. The topological polar surface area (TPSA) is 24.9 Å². The van der Waals surface area contributed by atoms with Crippen molar-refractivity contribution < 1.29 is 0 Å². The molecule has 2 nitrogen and oxygen atoms in total. The molecule has 1 N–H and O–H groups in total. The maximum atomic E-state index is 6.28. The molecule has 0 aliphatic carbocycles. The lowest BCUT2D eigenvalue weighted by atomic mass is 10.1. The average molecular weight is 283 g/mol. The van der Waals surface area contributed by atoms with Crippen molar-refractivity contribution in [2.75, 3.05) is 5.32 Å². The zero-order chi connectivity index (χ0) is 13.9. The summed E-state index contributed by atoms with van der Waals surface area (Å²) < 4.78 is 0. The van der Waals surface area contributed by atoms with Crippen LogP contribution in [-0.2, 0) is 6.54 Å². The summed E-state index contributed by atoms with van der Waals surface area (Å²) in [7, 11) is 0. The maximum Gasteiger partial charge on any atom is 0.128 e. The van der Waals surface area contributed by atoms with Crippen molar-refractivity contribution >= 4 is 28.3 Å². The van der Waals surface area contributed by atoms with E-state index in [-0.39, 0.29) is 0 Å². The van der Waals surface area contributed by atoms with E-state index in [1.807, 2.05) is 30.3 Å². The van der Waals surface area contributed by atoms with Gasteiger partial charge in [0.2, 0.25) is 0 Å². The van der Waals surface area contributed by atoms with Crippen LogP contribution in [0.4, 0.5) is 5.82 Å². The lowest BCUT2D eigenvalue weighted by Crippen LogP contribution is -2.01. The van der Waals surface area contributed by atoms with Gasteiger partial charge in [0, 0.05) is 11.9 Å². The predicted octanol–water partition coefficient (Wildman–Crippen LogP) is 4.81. The number of aromatic nitrogens is 1. The molecule has 0 radical (unpaired) electrons. The molecule has 3 rings (SSSR count). The number of aryl methyl sites for hydroxylation is 1. The number of hydrogen-bond donors (Lipinski definition) is 1. The highest BCUT2D eigenvalue weighted by Crippen LogP contribution is 2.25. The Balaban J connectivity index is 1.82. The van der Waals surface area contributed by atoms with Crippen molar-refractivity contribution in [3.8, 4) is 0 Å². The van der Waals surface area contributed by atoms with Crippen LogP contribution in [0.2, 0.25) is 5.02 Å². The number of pyridine rings is 1. The summed E-state index contributed by atoms with van der Waals surface area (Å²) >= 11 is 6.28. The Morgan fingerprint density at radius 1 is 1.05 bits per heavy atom. The number of benzene rings is 2. The second-order valence-electron chi connectivity index (χ2n) is 4.85. The lowest BCUT2D eigenvalue weighted by Gasteiger charge is -2.08. The van der Waals surface area contributed by atoms with E-state index in [0.717, 1.165) is 28.3 Å². The number of nitrogens with one attached hydrogen (secondary N) is 1. The highest BCUT2D eigenvalue weighted by molar-refractivity contribution is 6.35. The molecule has 1 aromatic heterocycles. The molecule has 100 valence electrons. The second kappa shape index (κ2) is 5.51. The van der Waals surface area contributed by atoms with E-state index in [0.29, 0.717) is 0 Å². The molecular weight excluding hydrogens is 268 g/mol. The van der Waals surface area contributed by atoms with E-state index in [9.17, 15) is 0 Å². The summed E-state index contributed by atoms with van der Waals surface area (Å²) in [5.41, 5.74) is 3.40. The molecule has 2 aromatic carbocycles. The van der Waals surface area contributed by atoms with Crippen molar-refractivity contribution in [1.82, 2.24) is 4.98 Å². The first-order chi connectivity index (χ1) is 9.72. The van der Waals surface area contributed by atoms with Gasteiger partial charge in [0.25, 0.3) is 0 Å². The second-order valence-corrected chi connectivity index (χ2v) is 5.25. The Morgan fingerprint density at radius 3 is 2.60 bits per heavy atom. The molecule has 0 spiro atoms. The molecule has 0 aliphatic rings. The smallest absolute Gasteiger partial charge is 0.128 e. The van der Waals surface area contributed by atoms with Crippen molar-refractivity contribution in [2.24, 2.45) is 0 Å². The van der Waals surface area contributed by atoms with E-state index in [1.54, 1.807) is 0 Å². The van der Waals surface area contributed by atoms with Crippen LogP contribution in [0.3, 0.4) is 0 Å². The minimum atomic E-state index is 0.724. The Morgan fingerprint density at radius 2 is 1.80 bits per heavy atom. The van der Waals surface area contributed by atoms with Crippen LogP contribution >= 0.6 is 11.6 Å². The van der Waals surface area contributed by atoms with Gasteiger partial charge in [-0.1, -0.05) is 59.6 Å². The number of nitrogens with zero attached hydrogens (tertiary/aromatic N) is 1. The summed E-state index contributed by atoms with van der Waals surface area (Å²) in [6, 6.07) is 18.2. The average Bonchev–Trinajstić information content (AvgIpc) is 2.47. The van der Waals surface area contributed by atoms with Crippen LogP contribution in [0.25, 0.3) is 10.9 Å². The van der Waals surface area contributed by atoms with Gasteiger partial charge >= 0.3 is 0 Å². The van der Waals surface area contributed by atoms with E-state index in [4.69, 9.17) is 11.6 Å². The van der Waals surface area contributed by atoms with Crippen LogP contribution < -0.4 is 5.32 Å². The van der Waals surface area contributed by atoms with Gasteiger partial charge < -0.3 is 5.32 Å². The Kier molecular flexibility index (Phi) is 3.57. The lowest BCUT2D eigenvalue weighted by molar-refractivity contribution is 1.12. The Labute approximate surface area is 123 Å². The van der Waals surface area contributed by atoms with Crippen LogP contribution in [0.5, 0.6) is 0 Å². The third-order valence-corrected chi connectivity index (χ3v) is 3.57. The monoisotopic (exact) mass is 282 g/mol. The number of anilines is 1. The van der Waals surface area contributed by atoms with Gasteiger partial charge in [0.1, 0.15) is 5.82 Å². The minimum absolute atomic E-state index is 0.724. The summed E-state index contributed by atoms with van der Waals surface area (Å²) in [6.07, 6.45) is 0. The van der Waals surface area contributed by atoms with Crippen LogP contribution in [-0.4, -0.2) is 4.98 Å². The number of fused-ring (bicyclic) bond motifs is 1. The minimum Gasteiger partial charge on any atom is -0.366 e. The first-order valence-electron chi connectivity index (χ1n) is 6.57. The largest absolute Gasteiger partial charge is 0.366 e. The molecule has 0 atom stereocenters. The van der Waals surface area contributed by atoms with Crippen LogP contribution in [0, 0.1) is 6.92 Å². The number of hydrogen-bond acceptors (Lipinski definition) is 2. The molecule has 3 heteroatoms. The molecule has 3 aromatic rings. The molecular formula is C17H15ClN2. The third kappa shape index (κ3) is 2.75. The first kappa shape index (κ1) is 12.9. The van der Waals surface area contributed by atoms with E-state index >= 15 is 0 Å². The summed E-state index contributed by atoms with van der Waals surface area (Å²) in [6.45, 7) is 2.82. The van der Waals surface area contributed by atoms with Gasteiger partial charge in [-0.05, 0) is 24.6 Å². The zero-order valence-corrected chi connectivity index (χ0v) is 12.0.